The predicted octanol–water partition coefficient (Wildman–Crippen LogP) is 2.65. The van der Waals surface area contributed by atoms with Crippen LogP contribution in [0.3, 0.4) is 0 Å². The summed E-state index contributed by atoms with van der Waals surface area (Å²) >= 11 is 0. The summed E-state index contributed by atoms with van der Waals surface area (Å²) in [6.07, 6.45) is 1.72. The van der Waals surface area contributed by atoms with Crippen LogP contribution in [-0.4, -0.2) is 63.9 Å². The molecule has 0 aliphatic carbocycles. The number of aryl methyl sites for hydroxylation is 1. The van der Waals surface area contributed by atoms with E-state index in [2.05, 4.69) is 41.4 Å². The molecule has 1 N–H and O–H groups in total. The average Bonchev–Trinajstić information content (AvgIpc) is 2.79. The molecule has 174 valence electrons. The highest BCUT2D eigenvalue weighted by Crippen LogP contribution is 2.21. The van der Waals surface area contributed by atoms with Gasteiger partial charge < -0.3 is 10.1 Å². The van der Waals surface area contributed by atoms with Gasteiger partial charge in [-0.05, 0) is 68.2 Å². The second-order valence-corrected chi connectivity index (χ2v) is 10.5. The largest absolute Gasteiger partial charge is 0.492 e. The minimum atomic E-state index is -3.45. The molecule has 1 fully saturated rings. The first kappa shape index (κ1) is 24.2. The molecule has 1 heterocycles. The van der Waals surface area contributed by atoms with Crippen LogP contribution in [0.4, 0.5) is 0 Å². The van der Waals surface area contributed by atoms with Crippen molar-refractivity contribution in [2.24, 2.45) is 5.92 Å². The molecule has 3 rings (SSSR count). The molecule has 1 aliphatic rings. The maximum atomic E-state index is 12.5. The molecule has 1 saturated heterocycles. The Hall–Kier alpha value is -2.42. The van der Waals surface area contributed by atoms with Crippen LogP contribution in [0.2, 0.25) is 0 Å². The number of piperidine rings is 1. The summed E-state index contributed by atoms with van der Waals surface area (Å²) in [4.78, 5) is 15.1. The molecular formula is C24H33N3O4S. The number of hydrogen-bond donors (Lipinski definition) is 1. The zero-order valence-corrected chi connectivity index (χ0v) is 19.9. The monoisotopic (exact) mass is 459 g/mol. The summed E-state index contributed by atoms with van der Waals surface area (Å²) in [5, 5.41) is 2.96. The maximum Gasteiger partial charge on any atom is 0.242 e. The minimum absolute atomic E-state index is 0.0404. The van der Waals surface area contributed by atoms with Crippen LogP contribution < -0.4 is 10.1 Å². The number of benzene rings is 2. The summed E-state index contributed by atoms with van der Waals surface area (Å²) in [6, 6.07) is 14.7. The molecule has 1 aliphatic heterocycles. The van der Waals surface area contributed by atoms with Crippen LogP contribution in [0.5, 0.6) is 5.75 Å². The van der Waals surface area contributed by atoms with Crippen molar-refractivity contribution in [2.45, 2.75) is 31.2 Å². The van der Waals surface area contributed by atoms with Gasteiger partial charge in [-0.25, -0.2) is 12.7 Å². The minimum Gasteiger partial charge on any atom is -0.492 e. The molecule has 2 aromatic rings. The number of likely N-dealkylation sites (tertiary alicyclic amines) is 1. The van der Waals surface area contributed by atoms with E-state index in [0.29, 0.717) is 18.9 Å². The van der Waals surface area contributed by atoms with Gasteiger partial charge in [0.15, 0.2) is 0 Å². The molecule has 0 atom stereocenters. The molecule has 0 spiro atoms. The molecular weight excluding hydrogens is 426 g/mol. The van der Waals surface area contributed by atoms with Crippen LogP contribution in [0.15, 0.2) is 53.4 Å². The van der Waals surface area contributed by atoms with E-state index in [1.54, 1.807) is 12.1 Å². The zero-order valence-electron chi connectivity index (χ0n) is 19.1. The van der Waals surface area contributed by atoms with Crippen molar-refractivity contribution >= 4 is 15.9 Å². The van der Waals surface area contributed by atoms with E-state index in [0.717, 1.165) is 32.5 Å². The summed E-state index contributed by atoms with van der Waals surface area (Å²) in [5.74, 6) is 0.691. The van der Waals surface area contributed by atoms with Crippen LogP contribution in [0.25, 0.3) is 0 Å². The van der Waals surface area contributed by atoms with Crippen molar-refractivity contribution < 1.29 is 17.9 Å². The van der Waals surface area contributed by atoms with Gasteiger partial charge in [0.1, 0.15) is 12.4 Å². The normalized spacial score (nSPS) is 15.6. The predicted molar refractivity (Wildman–Crippen MR) is 125 cm³/mol. The Labute approximate surface area is 191 Å². The number of amides is 1. The van der Waals surface area contributed by atoms with Crippen molar-refractivity contribution in [3.8, 4) is 5.75 Å². The maximum absolute atomic E-state index is 12.5. The lowest BCUT2D eigenvalue weighted by atomic mass is 9.95. The molecule has 1 amide bonds. The highest BCUT2D eigenvalue weighted by molar-refractivity contribution is 7.89. The first-order chi connectivity index (χ1) is 15.3. The van der Waals surface area contributed by atoms with Crippen molar-refractivity contribution in [3.05, 3.63) is 59.7 Å². The van der Waals surface area contributed by atoms with Crippen LogP contribution in [0.1, 0.15) is 24.0 Å². The van der Waals surface area contributed by atoms with E-state index >= 15 is 0 Å². The third kappa shape index (κ3) is 6.31. The fourth-order valence-corrected chi connectivity index (χ4v) is 4.69. The van der Waals surface area contributed by atoms with Crippen LogP contribution in [0, 0.1) is 12.8 Å². The van der Waals surface area contributed by atoms with Gasteiger partial charge in [-0.2, -0.15) is 0 Å². The van der Waals surface area contributed by atoms with Gasteiger partial charge in [-0.1, -0.05) is 24.3 Å². The van der Waals surface area contributed by atoms with Gasteiger partial charge in [0.2, 0.25) is 15.9 Å². The average molecular weight is 460 g/mol. The second kappa shape index (κ2) is 10.9. The lowest BCUT2D eigenvalue weighted by molar-refractivity contribution is -0.126. The lowest BCUT2D eigenvalue weighted by Gasteiger charge is -2.31. The molecule has 0 unspecified atom stereocenters. The number of ether oxygens (including phenoxy) is 1. The summed E-state index contributed by atoms with van der Waals surface area (Å²) < 4.78 is 31.0. The second-order valence-electron chi connectivity index (χ2n) is 8.38. The van der Waals surface area contributed by atoms with E-state index in [1.807, 2.05) is 0 Å². The topological polar surface area (TPSA) is 79.0 Å². The lowest BCUT2D eigenvalue weighted by Crippen LogP contribution is -2.41. The Morgan fingerprint density at radius 3 is 2.38 bits per heavy atom. The van der Waals surface area contributed by atoms with Gasteiger partial charge in [0.05, 0.1) is 11.4 Å². The van der Waals surface area contributed by atoms with Crippen molar-refractivity contribution in [2.75, 3.05) is 40.3 Å². The highest BCUT2D eigenvalue weighted by atomic mass is 32.2. The Morgan fingerprint density at radius 1 is 1.09 bits per heavy atom. The fourth-order valence-electron chi connectivity index (χ4n) is 3.79. The number of sulfonamides is 1. The summed E-state index contributed by atoms with van der Waals surface area (Å²) in [5.41, 5.74) is 2.65. The quantitative estimate of drug-likeness (QED) is 0.584. The molecule has 32 heavy (non-hydrogen) atoms. The molecule has 2 aromatic carbocycles. The Kier molecular flexibility index (Phi) is 8.28. The molecule has 8 heteroatoms. The number of nitrogens with one attached hydrogen (secondary N) is 1. The Balaban J connectivity index is 1.36. The van der Waals surface area contributed by atoms with E-state index in [4.69, 9.17) is 4.74 Å². The first-order valence-corrected chi connectivity index (χ1v) is 12.4. The van der Waals surface area contributed by atoms with E-state index in [1.165, 1.54) is 41.7 Å². The number of nitrogens with zero attached hydrogens (tertiary/aromatic N) is 2. The van der Waals surface area contributed by atoms with Gasteiger partial charge in [0, 0.05) is 26.6 Å². The van der Waals surface area contributed by atoms with Gasteiger partial charge in [-0.3, -0.25) is 9.69 Å². The number of carbonyl (C=O) groups is 1. The van der Waals surface area contributed by atoms with Gasteiger partial charge in [0.25, 0.3) is 0 Å². The number of rotatable bonds is 9. The standard InChI is InChI=1S/C24H33N3O4S/c1-19-6-4-5-7-21(19)18-27-15-12-20(13-16-27)24(28)25-14-17-31-22-8-10-23(11-9-22)32(29,30)26(2)3/h4-11,20H,12-18H2,1-3H3,(H,25,28). The first-order valence-electron chi connectivity index (χ1n) is 11.0. The molecule has 0 bridgehead atoms. The number of carbonyl (C=O) groups excluding carboxylic acids is 1. The summed E-state index contributed by atoms with van der Waals surface area (Å²) in [7, 11) is -0.456. The smallest absolute Gasteiger partial charge is 0.242 e. The SMILES string of the molecule is Cc1ccccc1CN1CCC(C(=O)NCCOc2ccc(S(=O)(=O)N(C)C)cc2)CC1. The molecule has 7 nitrogen and oxygen atoms in total. The molecule has 0 radical (unpaired) electrons. The zero-order chi connectivity index (χ0) is 23.1. The van der Waals surface area contributed by atoms with Crippen molar-refractivity contribution in [1.82, 2.24) is 14.5 Å². The third-order valence-electron chi connectivity index (χ3n) is 5.89. The molecule has 0 aromatic heterocycles. The Morgan fingerprint density at radius 2 is 1.75 bits per heavy atom. The van der Waals surface area contributed by atoms with E-state index < -0.39 is 10.0 Å². The van der Waals surface area contributed by atoms with Crippen molar-refractivity contribution in [3.63, 3.8) is 0 Å². The fraction of sp³-hybridized carbons (Fsp3) is 0.458. The van der Waals surface area contributed by atoms with Crippen molar-refractivity contribution in [1.29, 1.82) is 0 Å². The summed E-state index contributed by atoms with van der Waals surface area (Å²) in [6.45, 7) is 5.66. The van der Waals surface area contributed by atoms with Crippen LogP contribution in [-0.2, 0) is 21.4 Å². The third-order valence-corrected chi connectivity index (χ3v) is 7.72. The highest BCUT2D eigenvalue weighted by Gasteiger charge is 2.25. The number of hydrogen-bond acceptors (Lipinski definition) is 5. The van der Waals surface area contributed by atoms with E-state index in [-0.39, 0.29) is 16.7 Å². The van der Waals surface area contributed by atoms with Gasteiger partial charge >= 0.3 is 0 Å². The Bertz CT molecular complexity index is 998. The van der Waals surface area contributed by atoms with E-state index in [9.17, 15) is 13.2 Å². The van der Waals surface area contributed by atoms with Gasteiger partial charge in [-0.15, -0.1) is 0 Å². The van der Waals surface area contributed by atoms with Crippen LogP contribution >= 0.6 is 0 Å². The molecule has 0 saturated carbocycles.